The number of hydrogen-bond acceptors (Lipinski definition) is 3. The molecule has 0 atom stereocenters. The minimum Gasteiger partial charge on any atom is -0.336 e. The first-order chi connectivity index (χ1) is 25.1. The van der Waals surface area contributed by atoms with Crippen molar-refractivity contribution in [1.29, 1.82) is 0 Å². The number of carbonyl (C=O) groups excluding carboxylic acids is 2. The van der Waals surface area contributed by atoms with Crippen LogP contribution < -0.4 is 16.0 Å². The standard InChI is InChI=1S/C46H93N3O2/c1-4-7-9-11-13-15-17-19-21-23-25-27-29-31-33-35-37-41-45(50)48-44(40-39-43-47-6-3)49-46(51)42-38-36-34-32-30-28-26-24-22-20-18-16-14-12-10-8-5-2/h44,47H,4-43H2,1-3H3,(H,48,50)(H,49,51). The van der Waals surface area contributed by atoms with Crippen molar-refractivity contribution < 1.29 is 9.59 Å². The lowest BCUT2D eigenvalue weighted by Gasteiger charge is -2.20. The van der Waals surface area contributed by atoms with Gasteiger partial charge < -0.3 is 16.0 Å². The Morgan fingerprint density at radius 3 is 0.863 bits per heavy atom. The third-order valence-corrected chi connectivity index (χ3v) is 10.8. The number of hydrogen-bond donors (Lipinski definition) is 3. The van der Waals surface area contributed by atoms with Crippen LogP contribution in [0.2, 0.25) is 0 Å². The smallest absolute Gasteiger partial charge is 0.221 e. The fourth-order valence-electron chi connectivity index (χ4n) is 7.34. The number of carbonyl (C=O) groups is 2. The van der Waals surface area contributed by atoms with Crippen molar-refractivity contribution >= 4 is 11.8 Å². The molecular weight excluding hydrogens is 627 g/mol. The molecule has 0 aliphatic carbocycles. The molecule has 5 heteroatoms. The van der Waals surface area contributed by atoms with E-state index in [9.17, 15) is 9.59 Å². The van der Waals surface area contributed by atoms with E-state index in [2.05, 4.69) is 36.7 Å². The van der Waals surface area contributed by atoms with E-state index in [1.54, 1.807) is 0 Å². The quantitative estimate of drug-likeness (QED) is 0.0434. The highest BCUT2D eigenvalue weighted by Crippen LogP contribution is 2.16. The van der Waals surface area contributed by atoms with Crippen molar-refractivity contribution in [2.24, 2.45) is 0 Å². The largest absolute Gasteiger partial charge is 0.336 e. The molecule has 0 heterocycles. The zero-order valence-corrected chi connectivity index (χ0v) is 35.2. The van der Waals surface area contributed by atoms with Crippen LogP contribution in [0.5, 0.6) is 0 Å². The van der Waals surface area contributed by atoms with Crippen molar-refractivity contribution in [3.63, 3.8) is 0 Å². The van der Waals surface area contributed by atoms with Crippen LogP contribution in [0.25, 0.3) is 0 Å². The highest BCUT2D eigenvalue weighted by Gasteiger charge is 2.14. The summed E-state index contributed by atoms with van der Waals surface area (Å²) in [6.45, 7) is 8.55. The van der Waals surface area contributed by atoms with Gasteiger partial charge in [-0.15, -0.1) is 0 Å². The second-order valence-corrected chi connectivity index (χ2v) is 16.0. The van der Waals surface area contributed by atoms with Gasteiger partial charge >= 0.3 is 0 Å². The molecule has 0 aliphatic heterocycles. The Balaban J connectivity index is 3.81. The van der Waals surface area contributed by atoms with E-state index in [1.807, 2.05) is 0 Å². The van der Waals surface area contributed by atoms with Gasteiger partial charge in [0.1, 0.15) is 6.17 Å². The van der Waals surface area contributed by atoms with E-state index in [0.717, 1.165) is 51.6 Å². The Bertz CT molecular complexity index is 648. The summed E-state index contributed by atoms with van der Waals surface area (Å²) >= 11 is 0. The third kappa shape index (κ3) is 41.5. The van der Waals surface area contributed by atoms with E-state index in [0.29, 0.717) is 12.8 Å². The van der Waals surface area contributed by atoms with Gasteiger partial charge in [0.25, 0.3) is 0 Å². The van der Waals surface area contributed by atoms with Crippen molar-refractivity contribution in [1.82, 2.24) is 16.0 Å². The van der Waals surface area contributed by atoms with Crippen LogP contribution in [0.15, 0.2) is 0 Å². The summed E-state index contributed by atoms with van der Waals surface area (Å²) in [5, 5.41) is 9.64. The average molecular weight is 720 g/mol. The molecule has 5 nitrogen and oxygen atoms in total. The molecule has 0 aromatic rings. The SMILES string of the molecule is CCCCCCCCCCCCCCCCCCCC(=O)NC(CCCNCC)NC(=O)CCCCCCCCCCCCCCCCCCC. The molecule has 0 saturated heterocycles. The molecule has 51 heavy (non-hydrogen) atoms. The molecule has 0 fully saturated rings. The Morgan fingerprint density at radius 1 is 0.353 bits per heavy atom. The van der Waals surface area contributed by atoms with Crippen LogP contribution in [0.3, 0.4) is 0 Å². The van der Waals surface area contributed by atoms with Crippen molar-refractivity contribution in [2.75, 3.05) is 13.1 Å². The Morgan fingerprint density at radius 2 is 0.608 bits per heavy atom. The normalized spacial score (nSPS) is 11.5. The molecule has 0 saturated carbocycles. The van der Waals surface area contributed by atoms with Crippen molar-refractivity contribution in [3.8, 4) is 0 Å². The van der Waals surface area contributed by atoms with Gasteiger partial charge in [-0.05, 0) is 38.8 Å². The van der Waals surface area contributed by atoms with Gasteiger partial charge in [0.15, 0.2) is 0 Å². The molecule has 0 aliphatic rings. The summed E-state index contributed by atoms with van der Waals surface area (Å²) in [7, 11) is 0. The monoisotopic (exact) mass is 720 g/mol. The minimum atomic E-state index is -0.250. The highest BCUT2D eigenvalue weighted by molar-refractivity contribution is 5.79. The maximum atomic E-state index is 12.7. The molecule has 0 bridgehead atoms. The maximum Gasteiger partial charge on any atom is 0.221 e. The first-order valence-electron chi connectivity index (χ1n) is 23.4. The van der Waals surface area contributed by atoms with Crippen molar-refractivity contribution in [3.05, 3.63) is 0 Å². The first kappa shape index (κ1) is 49.9. The molecule has 0 aromatic heterocycles. The molecule has 3 N–H and O–H groups in total. The van der Waals surface area contributed by atoms with Crippen LogP contribution in [0, 0.1) is 0 Å². The van der Waals surface area contributed by atoms with Crippen molar-refractivity contribution in [2.45, 2.75) is 271 Å². The number of nitrogens with one attached hydrogen (secondary N) is 3. The summed E-state index contributed by atoms with van der Waals surface area (Å²) in [5.74, 6) is 0.171. The van der Waals surface area contributed by atoms with Gasteiger partial charge in [-0.25, -0.2) is 0 Å². The van der Waals surface area contributed by atoms with Gasteiger partial charge in [0.05, 0.1) is 0 Å². The Kier molecular flexibility index (Phi) is 42.4. The summed E-state index contributed by atoms with van der Waals surface area (Å²) < 4.78 is 0. The number of amides is 2. The van der Waals surface area contributed by atoms with Crippen LogP contribution in [-0.2, 0) is 9.59 Å². The average Bonchev–Trinajstić information content (AvgIpc) is 3.12. The van der Waals surface area contributed by atoms with Gasteiger partial charge in [-0.2, -0.15) is 0 Å². The molecule has 0 aromatic carbocycles. The molecule has 0 rings (SSSR count). The zero-order chi connectivity index (χ0) is 37.1. The van der Waals surface area contributed by atoms with Crippen LogP contribution >= 0.6 is 0 Å². The summed E-state index contributed by atoms with van der Waals surface area (Å²) in [6, 6.07) is 0. The Labute approximate surface area is 320 Å². The second-order valence-electron chi connectivity index (χ2n) is 16.0. The van der Waals surface area contributed by atoms with E-state index < -0.39 is 0 Å². The molecule has 0 spiro atoms. The van der Waals surface area contributed by atoms with E-state index in [4.69, 9.17) is 0 Å². The first-order valence-corrected chi connectivity index (χ1v) is 23.4. The van der Waals surface area contributed by atoms with E-state index in [-0.39, 0.29) is 18.0 Å². The summed E-state index contributed by atoms with van der Waals surface area (Å²) in [6.07, 6.45) is 48.3. The molecule has 2 amide bonds. The van der Waals surface area contributed by atoms with E-state index in [1.165, 1.54) is 193 Å². The fourth-order valence-corrected chi connectivity index (χ4v) is 7.34. The van der Waals surface area contributed by atoms with E-state index >= 15 is 0 Å². The molecule has 0 unspecified atom stereocenters. The van der Waals surface area contributed by atoms with Gasteiger partial charge in [-0.1, -0.05) is 226 Å². The van der Waals surface area contributed by atoms with Crippen LogP contribution in [-0.4, -0.2) is 31.1 Å². The molecular formula is C46H93N3O2. The fraction of sp³-hybridized carbons (Fsp3) is 0.957. The maximum absolute atomic E-state index is 12.7. The highest BCUT2D eigenvalue weighted by atomic mass is 16.2. The zero-order valence-electron chi connectivity index (χ0n) is 35.2. The third-order valence-electron chi connectivity index (χ3n) is 10.8. The van der Waals surface area contributed by atoms with Gasteiger partial charge in [0, 0.05) is 12.8 Å². The Hall–Kier alpha value is -1.10. The van der Waals surface area contributed by atoms with Crippen LogP contribution in [0.4, 0.5) is 0 Å². The molecule has 304 valence electrons. The van der Waals surface area contributed by atoms with Gasteiger partial charge in [0.2, 0.25) is 11.8 Å². The topological polar surface area (TPSA) is 70.2 Å². The van der Waals surface area contributed by atoms with Crippen LogP contribution in [0.1, 0.15) is 265 Å². The van der Waals surface area contributed by atoms with Gasteiger partial charge in [-0.3, -0.25) is 9.59 Å². The minimum absolute atomic E-state index is 0.0857. The summed E-state index contributed by atoms with van der Waals surface area (Å²) in [5.41, 5.74) is 0. The lowest BCUT2D eigenvalue weighted by Crippen LogP contribution is -2.48. The number of unbranched alkanes of at least 4 members (excludes halogenated alkanes) is 32. The second kappa shape index (κ2) is 43.3. The molecule has 0 radical (unpaired) electrons. The number of rotatable bonds is 43. The predicted molar refractivity (Wildman–Crippen MR) is 225 cm³/mol. The lowest BCUT2D eigenvalue weighted by molar-refractivity contribution is -0.124. The predicted octanol–water partition coefficient (Wildman–Crippen LogP) is 14.0. The summed E-state index contributed by atoms with van der Waals surface area (Å²) in [4.78, 5) is 25.5. The lowest BCUT2D eigenvalue weighted by atomic mass is 10.0.